The second-order valence-corrected chi connectivity index (χ2v) is 1.94. The predicted octanol–water partition coefficient (Wildman–Crippen LogP) is 1.30. The Labute approximate surface area is 59.9 Å². The molecule has 0 aliphatic carbocycles. The molecule has 2 heteroatoms. The number of rotatable bonds is 2. The van der Waals surface area contributed by atoms with Gasteiger partial charge in [-0.2, -0.15) is 0 Å². The molecule has 0 aromatic carbocycles. The van der Waals surface area contributed by atoms with E-state index in [9.17, 15) is 0 Å². The number of aromatic nitrogens is 1. The van der Waals surface area contributed by atoms with Crippen molar-refractivity contribution >= 4 is 0 Å². The van der Waals surface area contributed by atoms with Crippen molar-refractivity contribution in [3.63, 3.8) is 0 Å². The molecule has 0 aliphatic rings. The molecule has 10 heavy (non-hydrogen) atoms. The van der Waals surface area contributed by atoms with E-state index in [1.54, 1.807) is 18.3 Å². The van der Waals surface area contributed by atoms with Gasteiger partial charge in [-0.15, -0.1) is 6.58 Å². The van der Waals surface area contributed by atoms with Crippen LogP contribution in [0.25, 0.3) is 0 Å². The normalized spacial score (nSPS) is 12.5. The highest BCUT2D eigenvalue weighted by Crippen LogP contribution is 2.07. The van der Waals surface area contributed by atoms with Crippen molar-refractivity contribution in [1.82, 2.24) is 4.98 Å². The second kappa shape index (κ2) is 3.13. The zero-order chi connectivity index (χ0) is 7.40. The Morgan fingerprint density at radius 3 is 2.90 bits per heavy atom. The average Bonchev–Trinajstić information content (AvgIpc) is 2.05. The summed E-state index contributed by atoms with van der Waals surface area (Å²) >= 11 is 0. The van der Waals surface area contributed by atoms with E-state index in [-0.39, 0.29) is 0 Å². The molecule has 52 valence electrons. The maximum absolute atomic E-state index is 9.15. The van der Waals surface area contributed by atoms with E-state index in [1.165, 1.54) is 6.08 Å². The first-order chi connectivity index (χ1) is 4.84. The molecule has 0 fully saturated rings. The molecule has 0 radical (unpaired) electrons. The van der Waals surface area contributed by atoms with Crippen LogP contribution in [0.3, 0.4) is 0 Å². The summed E-state index contributed by atoms with van der Waals surface area (Å²) in [6.07, 6.45) is 2.45. The predicted molar refractivity (Wildman–Crippen MR) is 39.4 cm³/mol. The van der Waals surface area contributed by atoms with Crippen LogP contribution >= 0.6 is 0 Å². The van der Waals surface area contributed by atoms with E-state index in [0.29, 0.717) is 5.69 Å². The lowest BCUT2D eigenvalue weighted by molar-refractivity contribution is 0.224. The molecule has 0 unspecified atom stereocenters. The standard InChI is InChI=1S/C8H9NO/c1-2-8(10)7-5-3-4-6-9-7/h2-6,8,10H,1H2/t8-/m0/s1. The van der Waals surface area contributed by atoms with Crippen LogP contribution in [0.1, 0.15) is 11.8 Å². The number of hydrogen-bond acceptors (Lipinski definition) is 2. The Hall–Kier alpha value is -1.15. The van der Waals surface area contributed by atoms with Crippen LogP contribution in [0.15, 0.2) is 37.1 Å². The van der Waals surface area contributed by atoms with E-state index in [4.69, 9.17) is 5.11 Å². The first-order valence-corrected chi connectivity index (χ1v) is 3.06. The molecular weight excluding hydrogens is 126 g/mol. The molecule has 0 saturated carbocycles. The van der Waals surface area contributed by atoms with Crippen molar-refractivity contribution in [1.29, 1.82) is 0 Å². The zero-order valence-electron chi connectivity index (χ0n) is 5.57. The Morgan fingerprint density at radius 2 is 2.40 bits per heavy atom. The molecule has 1 aromatic heterocycles. The summed E-state index contributed by atoms with van der Waals surface area (Å²) in [6, 6.07) is 5.39. The van der Waals surface area contributed by atoms with E-state index in [0.717, 1.165) is 0 Å². The quantitative estimate of drug-likeness (QED) is 0.620. The summed E-state index contributed by atoms with van der Waals surface area (Å²) in [5, 5.41) is 9.15. The van der Waals surface area contributed by atoms with Crippen molar-refractivity contribution < 1.29 is 5.11 Å². The third-order valence-corrected chi connectivity index (χ3v) is 1.21. The van der Waals surface area contributed by atoms with Crippen LogP contribution in [0.4, 0.5) is 0 Å². The summed E-state index contributed by atoms with van der Waals surface area (Å²) in [5.74, 6) is 0. The highest BCUT2D eigenvalue weighted by molar-refractivity contribution is 5.10. The van der Waals surface area contributed by atoms with Crippen LogP contribution in [-0.4, -0.2) is 10.1 Å². The van der Waals surface area contributed by atoms with Gasteiger partial charge in [-0.25, -0.2) is 0 Å². The summed E-state index contributed by atoms with van der Waals surface area (Å²) in [7, 11) is 0. The van der Waals surface area contributed by atoms with Gasteiger partial charge in [-0.3, -0.25) is 4.98 Å². The van der Waals surface area contributed by atoms with Crippen LogP contribution in [0.2, 0.25) is 0 Å². The molecule has 1 rings (SSSR count). The third kappa shape index (κ3) is 1.42. The Bertz CT molecular complexity index is 208. The third-order valence-electron chi connectivity index (χ3n) is 1.21. The van der Waals surface area contributed by atoms with Crippen LogP contribution < -0.4 is 0 Å². The van der Waals surface area contributed by atoms with Gasteiger partial charge in [-0.05, 0) is 12.1 Å². The van der Waals surface area contributed by atoms with Gasteiger partial charge in [0.1, 0.15) is 6.10 Å². The fourth-order valence-electron chi connectivity index (χ4n) is 0.672. The van der Waals surface area contributed by atoms with Gasteiger partial charge in [0.2, 0.25) is 0 Å². The Morgan fingerprint density at radius 1 is 1.60 bits per heavy atom. The highest BCUT2D eigenvalue weighted by Gasteiger charge is 2.00. The zero-order valence-corrected chi connectivity index (χ0v) is 5.57. The number of aliphatic hydroxyl groups is 1. The monoisotopic (exact) mass is 135 g/mol. The maximum Gasteiger partial charge on any atom is 0.114 e. The molecule has 0 spiro atoms. The van der Waals surface area contributed by atoms with Gasteiger partial charge in [0.05, 0.1) is 5.69 Å². The lowest BCUT2D eigenvalue weighted by Gasteiger charge is -2.01. The highest BCUT2D eigenvalue weighted by atomic mass is 16.3. The first kappa shape index (κ1) is 6.96. The van der Waals surface area contributed by atoms with Crippen molar-refractivity contribution in [3.05, 3.63) is 42.7 Å². The van der Waals surface area contributed by atoms with Gasteiger partial charge >= 0.3 is 0 Å². The SMILES string of the molecule is C=C[C@H](O)c1ccccn1. The molecule has 1 atom stereocenters. The summed E-state index contributed by atoms with van der Waals surface area (Å²) in [5.41, 5.74) is 0.637. The molecule has 0 saturated heterocycles. The average molecular weight is 135 g/mol. The van der Waals surface area contributed by atoms with Crippen molar-refractivity contribution in [2.45, 2.75) is 6.10 Å². The van der Waals surface area contributed by atoms with Crippen LogP contribution in [0, 0.1) is 0 Å². The minimum Gasteiger partial charge on any atom is -0.383 e. The smallest absolute Gasteiger partial charge is 0.114 e. The van der Waals surface area contributed by atoms with Crippen molar-refractivity contribution in [2.24, 2.45) is 0 Å². The van der Waals surface area contributed by atoms with Crippen LogP contribution in [0.5, 0.6) is 0 Å². The van der Waals surface area contributed by atoms with Crippen LogP contribution in [-0.2, 0) is 0 Å². The van der Waals surface area contributed by atoms with Gasteiger partial charge in [0.15, 0.2) is 0 Å². The Balaban J connectivity index is 2.84. The van der Waals surface area contributed by atoms with E-state index >= 15 is 0 Å². The molecule has 0 amide bonds. The second-order valence-electron chi connectivity index (χ2n) is 1.94. The maximum atomic E-state index is 9.15. The fraction of sp³-hybridized carbons (Fsp3) is 0.125. The Kier molecular flexibility index (Phi) is 2.18. The lowest BCUT2D eigenvalue weighted by Crippen LogP contribution is -1.94. The van der Waals surface area contributed by atoms with Gasteiger partial charge in [-0.1, -0.05) is 12.1 Å². The van der Waals surface area contributed by atoms with Gasteiger partial charge < -0.3 is 5.11 Å². The largest absolute Gasteiger partial charge is 0.383 e. The molecule has 1 heterocycles. The molecule has 2 nitrogen and oxygen atoms in total. The van der Waals surface area contributed by atoms with E-state index < -0.39 is 6.10 Å². The number of pyridine rings is 1. The summed E-state index contributed by atoms with van der Waals surface area (Å²) < 4.78 is 0. The van der Waals surface area contributed by atoms with Gasteiger partial charge in [0.25, 0.3) is 0 Å². The molecular formula is C8H9NO. The lowest BCUT2D eigenvalue weighted by atomic mass is 10.2. The fourth-order valence-corrected chi connectivity index (χ4v) is 0.672. The molecule has 1 N–H and O–H groups in total. The topological polar surface area (TPSA) is 33.1 Å². The molecule has 0 aliphatic heterocycles. The number of hydrogen-bond donors (Lipinski definition) is 1. The summed E-state index contributed by atoms with van der Waals surface area (Å²) in [4.78, 5) is 3.93. The number of nitrogens with zero attached hydrogens (tertiary/aromatic N) is 1. The number of aliphatic hydroxyl groups excluding tert-OH is 1. The minimum atomic E-state index is -0.638. The van der Waals surface area contributed by atoms with Crippen molar-refractivity contribution in [2.75, 3.05) is 0 Å². The first-order valence-electron chi connectivity index (χ1n) is 3.06. The minimum absolute atomic E-state index is 0.637. The molecule has 0 bridgehead atoms. The molecule has 1 aromatic rings. The van der Waals surface area contributed by atoms with Gasteiger partial charge in [0, 0.05) is 6.20 Å². The van der Waals surface area contributed by atoms with E-state index in [2.05, 4.69) is 11.6 Å². The van der Waals surface area contributed by atoms with Crippen molar-refractivity contribution in [3.8, 4) is 0 Å². The van der Waals surface area contributed by atoms with E-state index in [1.807, 2.05) is 6.07 Å². The summed E-state index contributed by atoms with van der Waals surface area (Å²) in [6.45, 7) is 3.45.